The van der Waals surface area contributed by atoms with Crippen LogP contribution in [-0.2, 0) is 21.1 Å². The lowest BCUT2D eigenvalue weighted by atomic mass is 9.92. The number of carbonyl (C=O) groups is 1. The van der Waals surface area contributed by atoms with E-state index in [0.717, 1.165) is 0 Å². The fourth-order valence-corrected chi connectivity index (χ4v) is 3.78. The van der Waals surface area contributed by atoms with Crippen LogP contribution in [0.2, 0.25) is 0 Å². The summed E-state index contributed by atoms with van der Waals surface area (Å²) in [6.07, 6.45) is 0.281. The molecule has 2 rings (SSSR count). The normalized spacial score (nSPS) is 18.5. The number of benzene rings is 1. The maximum Gasteiger partial charge on any atom is 0.248 e. The van der Waals surface area contributed by atoms with Crippen molar-refractivity contribution in [1.82, 2.24) is 5.32 Å². The van der Waals surface area contributed by atoms with E-state index in [0.29, 0.717) is 5.56 Å². The number of halogens is 2. The van der Waals surface area contributed by atoms with E-state index in [9.17, 15) is 22.0 Å². The molecule has 0 spiro atoms. The molecule has 7 heteroatoms. The summed E-state index contributed by atoms with van der Waals surface area (Å²) >= 11 is 0. The van der Waals surface area contributed by atoms with Crippen molar-refractivity contribution in [2.24, 2.45) is 0 Å². The van der Waals surface area contributed by atoms with E-state index in [1.807, 2.05) is 0 Å². The van der Waals surface area contributed by atoms with Crippen molar-refractivity contribution in [2.75, 3.05) is 0 Å². The smallest absolute Gasteiger partial charge is 0.248 e. The molecule has 1 amide bonds. The van der Waals surface area contributed by atoms with Gasteiger partial charge in [-0.1, -0.05) is 12.1 Å². The molecule has 1 aromatic rings. The van der Waals surface area contributed by atoms with Crippen molar-refractivity contribution < 1.29 is 22.0 Å². The number of nitrogens with one attached hydrogen (secondary N) is 1. The van der Waals surface area contributed by atoms with E-state index in [1.165, 1.54) is 12.1 Å². The Kier molecular flexibility index (Phi) is 5.63. The van der Waals surface area contributed by atoms with Gasteiger partial charge in [0.1, 0.15) is 0 Å². The molecule has 4 nitrogen and oxygen atoms in total. The van der Waals surface area contributed by atoms with Gasteiger partial charge in [0, 0.05) is 18.9 Å². The number of alkyl halides is 2. The molecule has 24 heavy (non-hydrogen) atoms. The predicted octanol–water partition coefficient (Wildman–Crippen LogP) is 3.11. The largest absolute Gasteiger partial charge is 0.353 e. The minimum atomic E-state index is -3.33. The van der Waals surface area contributed by atoms with Crippen LogP contribution in [0.25, 0.3) is 0 Å². The number of hydrogen-bond donors (Lipinski definition) is 1. The maximum absolute atomic E-state index is 13.1. The highest BCUT2D eigenvalue weighted by atomic mass is 32.2. The number of hydrogen-bond acceptors (Lipinski definition) is 3. The zero-order chi connectivity index (χ0) is 18.0. The second-order valence-corrected chi connectivity index (χ2v) is 9.12. The molecule has 0 atom stereocenters. The number of amides is 1. The molecule has 1 aromatic carbocycles. The van der Waals surface area contributed by atoms with Crippen LogP contribution in [-0.4, -0.2) is 31.5 Å². The van der Waals surface area contributed by atoms with Gasteiger partial charge in [-0.15, -0.1) is 0 Å². The van der Waals surface area contributed by atoms with E-state index in [4.69, 9.17) is 0 Å². The van der Waals surface area contributed by atoms with Gasteiger partial charge in [-0.05, 0) is 44.4 Å². The van der Waals surface area contributed by atoms with Crippen LogP contribution in [0.1, 0.15) is 45.1 Å². The van der Waals surface area contributed by atoms with Crippen LogP contribution >= 0.6 is 0 Å². The Morgan fingerprint density at radius 1 is 1.21 bits per heavy atom. The molecule has 134 valence electrons. The average molecular weight is 359 g/mol. The van der Waals surface area contributed by atoms with Crippen LogP contribution < -0.4 is 5.32 Å². The zero-order valence-electron chi connectivity index (χ0n) is 13.9. The van der Waals surface area contributed by atoms with Crippen molar-refractivity contribution in [3.63, 3.8) is 0 Å². The monoisotopic (exact) mass is 359 g/mol. The molecular weight excluding hydrogens is 336 g/mol. The van der Waals surface area contributed by atoms with E-state index in [2.05, 4.69) is 5.32 Å². The molecular formula is C17H23F2NO3S. The van der Waals surface area contributed by atoms with Gasteiger partial charge in [-0.2, -0.15) is 0 Å². The third kappa shape index (κ3) is 4.75. The minimum absolute atomic E-state index is 0.106. The van der Waals surface area contributed by atoms with Crippen molar-refractivity contribution in [1.29, 1.82) is 0 Å². The molecule has 1 fully saturated rings. The summed E-state index contributed by atoms with van der Waals surface area (Å²) in [4.78, 5) is 12.2. The van der Waals surface area contributed by atoms with Crippen LogP contribution in [0.3, 0.4) is 0 Å². The SMILES string of the molecule is CC(C)S(=O)(=O)c1ccc(CC(=O)NC2CCC(F)(F)CC2)cc1. The standard InChI is InChI=1S/C17H23F2NO3S/c1-12(2)24(22,23)15-5-3-13(4-6-15)11-16(21)20-14-7-9-17(18,19)10-8-14/h3-6,12,14H,7-11H2,1-2H3,(H,20,21). The van der Waals surface area contributed by atoms with Crippen molar-refractivity contribution in [3.8, 4) is 0 Å². The Morgan fingerprint density at radius 2 is 1.75 bits per heavy atom. The molecule has 1 aliphatic carbocycles. The molecule has 1 saturated carbocycles. The zero-order valence-corrected chi connectivity index (χ0v) is 14.7. The molecule has 0 saturated heterocycles. The first-order valence-corrected chi connectivity index (χ1v) is 9.65. The topological polar surface area (TPSA) is 63.2 Å². The van der Waals surface area contributed by atoms with Crippen LogP contribution in [0.15, 0.2) is 29.2 Å². The highest BCUT2D eigenvalue weighted by Gasteiger charge is 2.35. The Labute approximate surface area is 141 Å². The fraction of sp³-hybridized carbons (Fsp3) is 0.588. The first-order chi connectivity index (χ1) is 11.1. The van der Waals surface area contributed by atoms with Gasteiger partial charge in [-0.3, -0.25) is 4.79 Å². The summed E-state index contributed by atoms with van der Waals surface area (Å²) in [6.45, 7) is 3.23. The molecule has 0 unspecified atom stereocenters. The second-order valence-electron chi connectivity index (χ2n) is 6.61. The Bertz CT molecular complexity index is 674. The molecule has 0 aromatic heterocycles. The minimum Gasteiger partial charge on any atom is -0.353 e. The highest BCUT2D eigenvalue weighted by Crippen LogP contribution is 2.33. The summed E-state index contributed by atoms with van der Waals surface area (Å²) < 4.78 is 50.3. The predicted molar refractivity (Wildman–Crippen MR) is 87.8 cm³/mol. The number of carbonyl (C=O) groups excluding carboxylic acids is 1. The summed E-state index contributed by atoms with van der Waals surface area (Å²) in [6, 6.07) is 6.02. The highest BCUT2D eigenvalue weighted by molar-refractivity contribution is 7.92. The van der Waals surface area contributed by atoms with Gasteiger partial charge in [0.2, 0.25) is 11.8 Å². The quantitative estimate of drug-likeness (QED) is 0.879. The second kappa shape index (κ2) is 7.17. The van der Waals surface area contributed by atoms with Gasteiger partial charge in [0.05, 0.1) is 16.6 Å². The van der Waals surface area contributed by atoms with E-state index < -0.39 is 21.0 Å². The van der Waals surface area contributed by atoms with Gasteiger partial charge in [-0.25, -0.2) is 17.2 Å². The Morgan fingerprint density at radius 3 is 2.25 bits per heavy atom. The van der Waals surface area contributed by atoms with Crippen LogP contribution in [0, 0.1) is 0 Å². The van der Waals surface area contributed by atoms with Gasteiger partial charge >= 0.3 is 0 Å². The van der Waals surface area contributed by atoms with Crippen molar-refractivity contribution in [3.05, 3.63) is 29.8 Å². The van der Waals surface area contributed by atoms with Gasteiger partial charge in [0.15, 0.2) is 9.84 Å². The summed E-state index contributed by atoms with van der Waals surface area (Å²) in [5, 5.41) is 2.27. The van der Waals surface area contributed by atoms with Crippen molar-refractivity contribution in [2.45, 2.75) is 68.1 Å². The molecule has 1 N–H and O–H groups in total. The fourth-order valence-electron chi connectivity index (χ4n) is 2.72. The average Bonchev–Trinajstić information content (AvgIpc) is 2.50. The van der Waals surface area contributed by atoms with E-state index in [1.54, 1.807) is 26.0 Å². The Hall–Kier alpha value is -1.50. The lowest BCUT2D eigenvalue weighted by Gasteiger charge is -2.28. The molecule has 0 radical (unpaired) electrons. The Balaban J connectivity index is 1.91. The maximum atomic E-state index is 13.1. The number of rotatable bonds is 5. The molecule has 0 bridgehead atoms. The van der Waals surface area contributed by atoms with Crippen LogP contribution in [0.4, 0.5) is 8.78 Å². The first-order valence-electron chi connectivity index (χ1n) is 8.10. The van der Waals surface area contributed by atoms with Crippen molar-refractivity contribution >= 4 is 15.7 Å². The lowest BCUT2D eigenvalue weighted by molar-refractivity contribution is -0.122. The van der Waals surface area contributed by atoms with Crippen LogP contribution in [0.5, 0.6) is 0 Å². The third-order valence-electron chi connectivity index (χ3n) is 4.32. The summed E-state index contributed by atoms with van der Waals surface area (Å²) in [7, 11) is -3.33. The van der Waals surface area contributed by atoms with E-state index >= 15 is 0 Å². The van der Waals surface area contributed by atoms with Gasteiger partial charge < -0.3 is 5.32 Å². The molecule has 0 aliphatic heterocycles. The summed E-state index contributed by atoms with van der Waals surface area (Å²) in [5.41, 5.74) is 0.691. The number of sulfone groups is 1. The van der Waals surface area contributed by atoms with Gasteiger partial charge in [0.25, 0.3) is 0 Å². The molecule has 0 heterocycles. The lowest BCUT2D eigenvalue weighted by Crippen LogP contribution is -2.40. The third-order valence-corrected chi connectivity index (χ3v) is 6.49. The van der Waals surface area contributed by atoms with E-state index in [-0.39, 0.29) is 48.9 Å². The summed E-state index contributed by atoms with van der Waals surface area (Å²) in [5.74, 6) is -2.84. The molecule has 1 aliphatic rings. The first kappa shape index (κ1) is 18.8.